The summed E-state index contributed by atoms with van der Waals surface area (Å²) in [5, 5.41) is 7.81. The highest BCUT2D eigenvalue weighted by Gasteiger charge is 2.11. The van der Waals surface area contributed by atoms with Gasteiger partial charge in [0.1, 0.15) is 0 Å². The molecule has 0 radical (unpaired) electrons. The number of benzene rings is 2. The van der Waals surface area contributed by atoms with Crippen molar-refractivity contribution in [1.82, 2.24) is 10.3 Å². The quantitative estimate of drug-likeness (QED) is 0.671. The standard InChI is InChI=1S/C21H21N3O2S/c1-14(2)18-13-27-21(23-18)24-19(25)12-22-20(26)17-10-8-16(9-11-17)15-6-4-3-5-7-15/h3-11,13-14H,12H2,1-2H3,(H,22,26)(H,23,24,25). The van der Waals surface area contributed by atoms with Crippen molar-refractivity contribution in [3.63, 3.8) is 0 Å². The van der Waals surface area contributed by atoms with E-state index in [4.69, 9.17) is 0 Å². The molecule has 2 amide bonds. The zero-order valence-electron chi connectivity index (χ0n) is 15.2. The van der Waals surface area contributed by atoms with E-state index in [0.29, 0.717) is 16.6 Å². The largest absolute Gasteiger partial charge is 0.343 e. The predicted molar refractivity (Wildman–Crippen MR) is 109 cm³/mol. The monoisotopic (exact) mass is 379 g/mol. The first kappa shape index (κ1) is 18.8. The Labute approximate surface area is 162 Å². The second-order valence-electron chi connectivity index (χ2n) is 6.41. The number of aromatic nitrogens is 1. The maximum absolute atomic E-state index is 12.2. The number of rotatable bonds is 6. The molecule has 0 aliphatic carbocycles. The summed E-state index contributed by atoms with van der Waals surface area (Å²) in [6.45, 7) is 3.99. The maximum Gasteiger partial charge on any atom is 0.251 e. The van der Waals surface area contributed by atoms with Crippen molar-refractivity contribution in [2.45, 2.75) is 19.8 Å². The van der Waals surface area contributed by atoms with E-state index in [0.717, 1.165) is 16.8 Å². The van der Waals surface area contributed by atoms with Crippen LogP contribution in [0.3, 0.4) is 0 Å². The molecule has 138 valence electrons. The van der Waals surface area contributed by atoms with Gasteiger partial charge in [0.2, 0.25) is 5.91 Å². The van der Waals surface area contributed by atoms with E-state index < -0.39 is 0 Å². The average molecular weight is 379 g/mol. The molecule has 3 rings (SSSR count). The lowest BCUT2D eigenvalue weighted by Gasteiger charge is -2.07. The molecule has 2 N–H and O–H groups in total. The molecule has 1 heterocycles. The SMILES string of the molecule is CC(C)c1csc(NC(=O)CNC(=O)c2ccc(-c3ccccc3)cc2)n1. The number of hydrogen-bond donors (Lipinski definition) is 2. The summed E-state index contributed by atoms with van der Waals surface area (Å²) in [6, 6.07) is 17.2. The van der Waals surface area contributed by atoms with Gasteiger partial charge in [-0.25, -0.2) is 4.98 Å². The summed E-state index contributed by atoms with van der Waals surface area (Å²) >= 11 is 1.38. The third-order valence-electron chi connectivity index (χ3n) is 4.02. The van der Waals surface area contributed by atoms with Gasteiger partial charge in [0.15, 0.2) is 5.13 Å². The third kappa shape index (κ3) is 5.01. The van der Waals surface area contributed by atoms with E-state index in [-0.39, 0.29) is 18.4 Å². The summed E-state index contributed by atoms with van der Waals surface area (Å²) < 4.78 is 0. The Bertz CT molecular complexity index is 918. The van der Waals surface area contributed by atoms with Gasteiger partial charge in [0.05, 0.1) is 12.2 Å². The van der Waals surface area contributed by atoms with Gasteiger partial charge in [-0.1, -0.05) is 56.3 Å². The van der Waals surface area contributed by atoms with Gasteiger partial charge in [-0.3, -0.25) is 9.59 Å². The minimum absolute atomic E-state index is 0.101. The molecule has 0 aliphatic rings. The molecular weight excluding hydrogens is 358 g/mol. The van der Waals surface area contributed by atoms with Crippen molar-refractivity contribution in [3.8, 4) is 11.1 Å². The average Bonchev–Trinajstić information content (AvgIpc) is 3.16. The van der Waals surface area contributed by atoms with Crippen molar-refractivity contribution in [2.75, 3.05) is 11.9 Å². The van der Waals surface area contributed by atoms with Crippen molar-refractivity contribution < 1.29 is 9.59 Å². The highest BCUT2D eigenvalue weighted by Crippen LogP contribution is 2.21. The summed E-state index contributed by atoms with van der Waals surface area (Å²) in [5.41, 5.74) is 3.58. The maximum atomic E-state index is 12.2. The summed E-state index contributed by atoms with van der Waals surface area (Å²) in [6.07, 6.45) is 0. The highest BCUT2D eigenvalue weighted by atomic mass is 32.1. The number of amides is 2. The van der Waals surface area contributed by atoms with Crippen molar-refractivity contribution in [1.29, 1.82) is 0 Å². The van der Waals surface area contributed by atoms with Gasteiger partial charge in [-0.05, 0) is 29.2 Å². The van der Waals surface area contributed by atoms with Gasteiger partial charge in [0, 0.05) is 10.9 Å². The zero-order chi connectivity index (χ0) is 19.2. The molecule has 6 heteroatoms. The number of anilines is 1. The van der Waals surface area contributed by atoms with Crippen LogP contribution in [-0.4, -0.2) is 23.3 Å². The number of carbonyl (C=O) groups is 2. The fourth-order valence-electron chi connectivity index (χ4n) is 2.48. The lowest BCUT2D eigenvalue weighted by Crippen LogP contribution is -2.32. The van der Waals surface area contributed by atoms with E-state index >= 15 is 0 Å². The summed E-state index contributed by atoms with van der Waals surface area (Å²) in [4.78, 5) is 28.6. The van der Waals surface area contributed by atoms with Gasteiger partial charge >= 0.3 is 0 Å². The minimum atomic E-state index is -0.297. The number of hydrogen-bond acceptors (Lipinski definition) is 4. The molecule has 3 aromatic rings. The fourth-order valence-corrected chi connectivity index (χ4v) is 3.37. The van der Waals surface area contributed by atoms with Crippen molar-refractivity contribution in [2.24, 2.45) is 0 Å². The van der Waals surface area contributed by atoms with Gasteiger partial charge in [0.25, 0.3) is 5.91 Å². The van der Waals surface area contributed by atoms with Crippen LogP contribution in [-0.2, 0) is 4.79 Å². The van der Waals surface area contributed by atoms with Gasteiger partial charge in [-0.15, -0.1) is 11.3 Å². The Morgan fingerprint density at radius 3 is 2.30 bits per heavy atom. The summed E-state index contributed by atoms with van der Waals surface area (Å²) in [7, 11) is 0. The van der Waals surface area contributed by atoms with E-state index in [9.17, 15) is 9.59 Å². The smallest absolute Gasteiger partial charge is 0.251 e. The predicted octanol–water partition coefficient (Wildman–Crippen LogP) is 4.30. The molecule has 0 saturated carbocycles. The first-order valence-corrected chi connectivity index (χ1v) is 9.60. The topological polar surface area (TPSA) is 71.1 Å². The number of nitrogens with one attached hydrogen (secondary N) is 2. The second kappa shape index (κ2) is 8.60. The molecule has 0 unspecified atom stereocenters. The van der Waals surface area contributed by atoms with E-state index in [1.54, 1.807) is 12.1 Å². The molecule has 5 nitrogen and oxygen atoms in total. The van der Waals surface area contributed by atoms with E-state index in [1.807, 2.05) is 61.7 Å². The zero-order valence-corrected chi connectivity index (χ0v) is 16.0. The number of carbonyl (C=O) groups excluding carboxylic acids is 2. The third-order valence-corrected chi connectivity index (χ3v) is 4.80. The van der Waals surface area contributed by atoms with Crippen LogP contribution in [0, 0.1) is 0 Å². The van der Waals surface area contributed by atoms with Crippen LogP contribution in [0.15, 0.2) is 60.0 Å². The van der Waals surface area contributed by atoms with Gasteiger partial charge < -0.3 is 10.6 Å². The molecule has 0 bridgehead atoms. The van der Waals surface area contributed by atoms with Crippen LogP contribution in [0.4, 0.5) is 5.13 Å². The minimum Gasteiger partial charge on any atom is -0.343 e. The lowest BCUT2D eigenvalue weighted by molar-refractivity contribution is -0.115. The number of thiazole rings is 1. The van der Waals surface area contributed by atoms with E-state index in [2.05, 4.69) is 15.6 Å². The fraction of sp³-hybridized carbons (Fsp3) is 0.190. The molecule has 0 aliphatic heterocycles. The molecule has 27 heavy (non-hydrogen) atoms. The molecule has 1 aromatic heterocycles. The number of nitrogens with zero attached hydrogens (tertiary/aromatic N) is 1. The Morgan fingerprint density at radius 1 is 1.00 bits per heavy atom. The molecule has 0 fully saturated rings. The van der Waals surface area contributed by atoms with Crippen LogP contribution in [0.1, 0.15) is 35.8 Å². The van der Waals surface area contributed by atoms with Crippen LogP contribution in [0.25, 0.3) is 11.1 Å². The Morgan fingerprint density at radius 2 is 1.67 bits per heavy atom. The first-order chi connectivity index (χ1) is 13.0. The van der Waals surface area contributed by atoms with Crippen LogP contribution in [0.2, 0.25) is 0 Å². The Balaban J connectivity index is 1.53. The molecule has 0 atom stereocenters. The van der Waals surface area contributed by atoms with Crippen LogP contribution < -0.4 is 10.6 Å². The normalized spacial score (nSPS) is 10.6. The summed E-state index contributed by atoms with van der Waals surface area (Å²) in [5.74, 6) is -0.272. The Hall–Kier alpha value is -2.99. The lowest BCUT2D eigenvalue weighted by atomic mass is 10.0. The van der Waals surface area contributed by atoms with Crippen molar-refractivity contribution in [3.05, 3.63) is 71.2 Å². The van der Waals surface area contributed by atoms with Crippen LogP contribution >= 0.6 is 11.3 Å². The molecule has 0 saturated heterocycles. The van der Waals surface area contributed by atoms with E-state index in [1.165, 1.54) is 11.3 Å². The van der Waals surface area contributed by atoms with Crippen LogP contribution in [0.5, 0.6) is 0 Å². The second-order valence-corrected chi connectivity index (χ2v) is 7.26. The first-order valence-electron chi connectivity index (χ1n) is 8.72. The highest BCUT2D eigenvalue weighted by molar-refractivity contribution is 7.13. The molecule has 2 aromatic carbocycles. The Kier molecular flexibility index (Phi) is 5.98. The molecular formula is C21H21N3O2S. The van der Waals surface area contributed by atoms with Crippen molar-refractivity contribution >= 4 is 28.3 Å². The van der Waals surface area contributed by atoms with Gasteiger partial charge in [-0.2, -0.15) is 0 Å². The molecule has 0 spiro atoms.